The van der Waals surface area contributed by atoms with E-state index in [9.17, 15) is 14.7 Å². The van der Waals surface area contributed by atoms with Gasteiger partial charge in [0.1, 0.15) is 11.9 Å². The molecule has 0 bridgehead atoms. The lowest BCUT2D eigenvalue weighted by molar-refractivity contribution is -0.146. The molecule has 7 nitrogen and oxygen atoms in total. The summed E-state index contributed by atoms with van der Waals surface area (Å²) in [7, 11) is 0. The Balaban J connectivity index is 0.00000208. The van der Waals surface area contributed by atoms with Crippen LogP contribution in [0.4, 0.5) is 0 Å². The van der Waals surface area contributed by atoms with Crippen molar-refractivity contribution in [2.75, 3.05) is 45.9 Å². The highest BCUT2D eigenvalue weighted by molar-refractivity contribution is 5.94. The van der Waals surface area contributed by atoms with Gasteiger partial charge in [-0.15, -0.1) is 12.4 Å². The number of aromatic hydroxyl groups is 1. The Labute approximate surface area is 147 Å². The van der Waals surface area contributed by atoms with Crippen molar-refractivity contribution >= 4 is 24.2 Å². The lowest BCUT2D eigenvalue weighted by Gasteiger charge is -2.37. The second-order valence-corrected chi connectivity index (χ2v) is 5.73. The van der Waals surface area contributed by atoms with Gasteiger partial charge in [0, 0.05) is 44.8 Å². The van der Waals surface area contributed by atoms with E-state index in [2.05, 4.69) is 5.32 Å². The zero-order chi connectivity index (χ0) is 16.2. The molecule has 24 heavy (non-hydrogen) atoms. The summed E-state index contributed by atoms with van der Waals surface area (Å²) in [4.78, 5) is 28.3. The van der Waals surface area contributed by atoms with Crippen molar-refractivity contribution in [2.24, 2.45) is 0 Å². The normalized spacial score (nSPS) is 21.1. The number of nitrogens with one attached hydrogen (secondary N) is 1. The second-order valence-electron chi connectivity index (χ2n) is 5.73. The van der Waals surface area contributed by atoms with Crippen LogP contribution in [0, 0.1) is 0 Å². The molecule has 0 saturated carbocycles. The summed E-state index contributed by atoms with van der Waals surface area (Å²) >= 11 is 0. The highest BCUT2D eigenvalue weighted by Gasteiger charge is 2.30. The number of halogens is 1. The summed E-state index contributed by atoms with van der Waals surface area (Å²) in [5.74, 6) is 0.0553. The Bertz CT molecular complexity index is 567. The lowest BCUT2D eigenvalue weighted by atomic mass is 10.1. The van der Waals surface area contributed by atoms with Crippen LogP contribution in [0.1, 0.15) is 10.4 Å². The molecule has 0 aromatic heterocycles. The minimum atomic E-state index is -0.414. The largest absolute Gasteiger partial charge is 0.508 e. The van der Waals surface area contributed by atoms with E-state index in [1.165, 1.54) is 12.1 Å². The molecule has 3 rings (SSSR count). The number of amides is 2. The minimum Gasteiger partial charge on any atom is -0.508 e. The molecule has 2 fully saturated rings. The van der Waals surface area contributed by atoms with Gasteiger partial charge in [-0.05, 0) is 24.3 Å². The van der Waals surface area contributed by atoms with Crippen LogP contribution < -0.4 is 5.32 Å². The average Bonchev–Trinajstić information content (AvgIpc) is 2.62. The average molecular weight is 356 g/mol. The van der Waals surface area contributed by atoms with Gasteiger partial charge in [0.25, 0.3) is 11.8 Å². The quantitative estimate of drug-likeness (QED) is 0.785. The third kappa shape index (κ3) is 4.17. The number of benzene rings is 1. The first-order valence-electron chi connectivity index (χ1n) is 7.84. The number of hydrogen-bond donors (Lipinski definition) is 2. The standard InChI is InChI=1S/C16H21N3O4.ClH/c20-13-3-1-12(2-4-13)15(21)18-6-8-19(9-7-18)16(22)14-11-17-5-10-23-14;/h1-4,14,17,20H,5-11H2;1H/t14-;/m1./s1. The third-order valence-electron chi connectivity index (χ3n) is 4.20. The molecule has 0 spiro atoms. The molecule has 0 radical (unpaired) electrons. The zero-order valence-electron chi connectivity index (χ0n) is 13.3. The molecule has 2 saturated heterocycles. The Morgan fingerprint density at radius 1 is 1.08 bits per heavy atom. The molecule has 1 aromatic rings. The van der Waals surface area contributed by atoms with E-state index in [1.807, 2.05) is 0 Å². The topological polar surface area (TPSA) is 82.1 Å². The predicted molar refractivity (Wildman–Crippen MR) is 90.4 cm³/mol. The number of hydrogen-bond acceptors (Lipinski definition) is 5. The van der Waals surface area contributed by atoms with Gasteiger partial charge in [0.2, 0.25) is 0 Å². The molecule has 132 valence electrons. The molecule has 2 amide bonds. The van der Waals surface area contributed by atoms with E-state index in [1.54, 1.807) is 21.9 Å². The molecule has 1 atom stereocenters. The molecule has 2 heterocycles. The molecule has 0 unspecified atom stereocenters. The van der Waals surface area contributed by atoms with E-state index < -0.39 is 6.10 Å². The summed E-state index contributed by atoms with van der Waals surface area (Å²) < 4.78 is 5.49. The van der Waals surface area contributed by atoms with Crippen molar-refractivity contribution in [3.05, 3.63) is 29.8 Å². The van der Waals surface area contributed by atoms with Gasteiger partial charge < -0.3 is 25.0 Å². The first kappa shape index (κ1) is 18.5. The summed E-state index contributed by atoms with van der Waals surface area (Å²) in [5, 5.41) is 12.4. The van der Waals surface area contributed by atoms with E-state index in [0.29, 0.717) is 44.9 Å². The van der Waals surface area contributed by atoms with Gasteiger partial charge in [-0.2, -0.15) is 0 Å². The smallest absolute Gasteiger partial charge is 0.253 e. The number of morpholine rings is 1. The number of carbonyl (C=O) groups is 2. The molecule has 0 aliphatic carbocycles. The van der Waals surface area contributed by atoms with Crippen LogP contribution in [0.15, 0.2) is 24.3 Å². The first-order chi connectivity index (χ1) is 11.1. The predicted octanol–water partition coefficient (Wildman–Crippen LogP) is 0.0868. The number of carbonyl (C=O) groups excluding carboxylic acids is 2. The van der Waals surface area contributed by atoms with Crippen molar-refractivity contribution in [2.45, 2.75) is 6.10 Å². The summed E-state index contributed by atoms with van der Waals surface area (Å²) in [5.41, 5.74) is 0.544. The highest BCUT2D eigenvalue weighted by Crippen LogP contribution is 2.14. The maximum atomic E-state index is 12.4. The summed E-state index contributed by atoms with van der Waals surface area (Å²) in [6.45, 7) is 3.92. The van der Waals surface area contributed by atoms with Gasteiger partial charge in [-0.25, -0.2) is 0 Å². The number of rotatable bonds is 2. The maximum absolute atomic E-state index is 12.4. The van der Waals surface area contributed by atoms with Crippen LogP contribution in [0.5, 0.6) is 5.75 Å². The molecule has 2 aliphatic rings. The van der Waals surface area contributed by atoms with Crippen LogP contribution in [-0.4, -0.2) is 78.7 Å². The van der Waals surface area contributed by atoms with E-state index in [4.69, 9.17) is 4.74 Å². The Morgan fingerprint density at radius 2 is 1.71 bits per heavy atom. The number of nitrogens with zero attached hydrogens (tertiary/aromatic N) is 2. The van der Waals surface area contributed by atoms with Gasteiger partial charge in [-0.1, -0.05) is 0 Å². The van der Waals surface area contributed by atoms with E-state index >= 15 is 0 Å². The minimum absolute atomic E-state index is 0. The number of phenolic OH excluding ortho intramolecular Hbond substituents is 1. The SMILES string of the molecule is Cl.O=C(c1ccc(O)cc1)N1CCN(C(=O)[C@H]2CNCCO2)CC1. The number of ether oxygens (including phenoxy) is 1. The van der Waals surface area contributed by atoms with Gasteiger partial charge >= 0.3 is 0 Å². The molecule has 1 aromatic carbocycles. The van der Waals surface area contributed by atoms with Gasteiger partial charge in [-0.3, -0.25) is 9.59 Å². The first-order valence-corrected chi connectivity index (χ1v) is 7.84. The molecule has 2 aliphatic heterocycles. The maximum Gasteiger partial charge on any atom is 0.253 e. The summed E-state index contributed by atoms with van der Waals surface area (Å²) in [6, 6.07) is 6.22. The fourth-order valence-corrected chi connectivity index (χ4v) is 2.84. The van der Waals surface area contributed by atoms with E-state index in [0.717, 1.165) is 6.54 Å². The molecular formula is C16H22ClN3O4. The third-order valence-corrected chi connectivity index (χ3v) is 4.20. The van der Waals surface area contributed by atoms with Crippen LogP contribution in [-0.2, 0) is 9.53 Å². The van der Waals surface area contributed by atoms with Crippen LogP contribution >= 0.6 is 12.4 Å². The monoisotopic (exact) mass is 355 g/mol. The molecular weight excluding hydrogens is 334 g/mol. The Hall–Kier alpha value is -1.83. The zero-order valence-corrected chi connectivity index (χ0v) is 14.1. The van der Waals surface area contributed by atoms with E-state index in [-0.39, 0.29) is 30.0 Å². The lowest BCUT2D eigenvalue weighted by Crippen LogP contribution is -2.56. The van der Waals surface area contributed by atoms with Gasteiger partial charge in [0.05, 0.1) is 6.61 Å². The highest BCUT2D eigenvalue weighted by atomic mass is 35.5. The van der Waals surface area contributed by atoms with Crippen molar-refractivity contribution in [1.82, 2.24) is 15.1 Å². The summed E-state index contributed by atoms with van der Waals surface area (Å²) in [6.07, 6.45) is -0.414. The van der Waals surface area contributed by atoms with Crippen molar-refractivity contribution in [3.63, 3.8) is 0 Å². The second kappa shape index (κ2) is 8.32. The van der Waals surface area contributed by atoms with Crippen molar-refractivity contribution < 1.29 is 19.4 Å². The van der Waals surface area contributed by atoms with Crippen LogP contribution in [0.25, 0.3) is 0 Å². The molecule has 8 heteroatoms. The Kier molecular flexibility index (Phi) is 6.42. The molecule has 2 N–H and O–H groups in total. The van der Waals surface area contributed by atoms with Crippen molar-refractivity contribution in [1.29, 1.82) is 0 Å². The Morgan fingerprint density at radius 3 is 2.29 bits per heavy atom. The van der Waals surface area contributed by atoms with Crippen LogP contribution in [0.2, 0.25) is 0 Å². The fraction of sp³-hybridized carbons (Fsp3) is 0.500. The number of phenols is 1. The fourth-order valence-electron chi connectivity index (χ4n) is 2.84. The van der Waals surface area contributed by atoms with Crippen LogP contribution in [0.3, 0.4) is 0 Å². The number of piperazine rings is 1. The van der Waals surface area contributed by atoms with Crippen molar-refractivity contribution in [3.8, 4) is 5.75 Å². The van der Waals surface area contributed by atoms with Gasteiger partial charge in [0.15, 0.2) is 0 Å².